The molecule has 1 fully saturated rings. The second-order valence-electron chi connectivity index (χ2n) is 4.95. The van der Waals surface area contributed by atoms with E-state index in [1.807, 2.05) is 29.2 Å². The number of hydrogen-bond acceptors (Lipinski definition) is 4. The number of hydrogen-bond donors (Lipinski definition) is 0. The smallest absolute Gasteiger partial charge is 0.266 e. The van der Waals surface area contributed by atoms with E-state index in [-0.39, 0.29) is 5.56 Å². The molecule has 0 bridgehead atoms. The van der Waals surface area contributed by atoms with Gasteiger partial charge in [0.25, 0.3) is 5.56 Å². The first-order valence-electron chi connectivity index (χ1n) is 6.47. The van der Waals surface area contributed by atoms with Gasteiger partial charge in [-0.2, -0.15) is 10.2 Å². The lowest BCUT2D eigenvalue weighted by molar-refractivity contribution is 0.305. The van der Waals surface area contributed by atoms with Crippen molar-refractivity contribution in [3.05, 3.63) is 46.6 Å². The Balaban J connectivity index is 1.65. The van der Waals surface area contributed by atoms with Crippen LogP contribution in [0.1, 0.15) is 18.2 Å². The Labute approximate surface area is 111 Å². The van der Waals surface area contributed by atoms with E-state index in [4.69, 9.17) is 0 Å². The van der Waals surface area contributed by atoms with Crippen molar-refractivity contribution in [3.63, 3.8) is 0 Å². The Hall–Kier alpha value is -1.95. The van der Waals surface area contributed by atoms with Crippen molar-refractivity contribution in [2.24, 2.45) is 7.05 Å². The first-order valence-corrected chi connectivity index (χ1v) is 6.47. The van der Waals surface area contributed by atoms with Gasteiger partial charge in [-0.15, -0.1) is 0 Å². The lowest BCUT2D eigenvalue weighted by Gasteiger charge is -2.15. The van der Waals surface area contributed by atoms with Crippen LogP contribution in [0.25, 0.3) is 0 Å². The van der Waals surface area contributed by atoms with Crippen LogP contribution in [0.15, 0.2) is 35.4 Å². The third kappa shape index (κ3) is 2.58. The minimum Gasteiger partial charge on any atom is -0.295 e. The minimum absolute atomic E-state index is 0.0698. The number of aryl methyl sites for hydroxylation is 1. The first-order chi connectivity index (χ1) is 9.22. The molecule has 0 saturated carbocycles. The third-order valence-electron chi connectivity index (χ3n) is 3.55. The molecule has 1 atom stereocenters. The monoisotopic (exact) mass is 259 g/mol. The fourth-order valence-electron chi connectivity index (χ4n) is 2.53. The summed E-state index contributed by atoms with van der Waals surface area (Å²) in [6, 6.07) is 5.78. The number of likely N-dealkylation sites (tertiary alicyclic amines) is 1. The SMILES string of the molecule is Cn1nc(CN2CCC(n3cccn3)C2)ccc1=O. The molecule has 2 aromatic rings. The van der Waals surface area contributed by atoms with Gasteiger partial charge in [0.15, 0.2) is 0 Å². The third-order valence-corrected chi connectivity index (χ3v) is 3.55. The highest BCUT2D eigenvalue weighted by Gasteiger charge is 2.24. The van der Waals surface area contributed by atoms with E-state index in [2.05, 4.69) is 15.1 Å². The van der Waals surface area contributed by atoms with Gasteiger partial charge >= 0.3 is 0 Å². The summed E-state index contributed by atoms with van der Waals surface area (Å²) in [5.41, 5.74) is 0.864. The summed E-state index contributed by atoms with van der Waals surface area (Å²) in [6.45, 7) is 2.80. The Bertz CT molecular complexity index is 604. The van der Waals surface area contributed by atoms with Crippen molar-refractivity contribution in [1.82, 2.24) is 24.5 Å². The van der Waals surface area contributed by atoms with Crippen molar-refractivity contribution in [1.29, 1.82) is 0 Å². The van der Waals surface area contributed by atoms with E-state index in [9.17, 15) is 4.79 Å². The maximum Gasteiger partial charge on any atom is 0.266 e. The molecule has 0 N–H and O–H groups in total. The molecular weight excluding hydrogens is 242 g/mol. The molecule has 19 heavy (non-hydrogen) atoms. The van der Waals surface area contributed by atoms with Crippen molar-refractivity contribution >= 4 is 0 Å². The maximum atomic E-state index is 11.3. The van der Waals surface area contributed by atoms with E-state index in [1.54, 1.807) is 13.1 Å². The number of nitrogens with zero attached hydrogens (tertiary/aromatic N) is 5. The van der Waals surface area contributed by atoms with Crippen LogP contribution in [0.4, 0.5) is 0 Å². The van der Waals surface area contributed by atoms with Crippen LogP contribution < -0.4 is 5.56 Å². The van der Waals surface area contributed by atoms with Gasteiger partial charge in [-0.05, 0) is 18.6 Å². The summed E-state index contributed by atoms with van der Waals surface area (Å²) >= 11 is 0. The molecule has 0 radical (unpaired) electrons. The average Bonchev–Trinajstić information content (AvgIpc) is 3.04. The quantitative estimate of drug-likeness (QED) is 0.802. The zero-order valence-corrected chi connectivity index (χ0v) is 10.9. The van der Waals surface area contributed by atoms with Crippen molar-refractivity contribution in [3.8, 4) is 0 Å². The Kier molecular flexibility index (Phi) is 3.16. The van der Waals surface area contributed by atoms with Crippen LogP contribution in [-0.2, 0) is 13.6 Å². The normalized spacial score (nSPS) is 19.9. The minimum atomic E-state index is -0.0698. The van der Waals surface area contributed by atoms with E-state index >= 15 is 0 Å². The molecule has 0 aromatic carbocycles. The molecule has 2 aromatic heterocycles. The molecule has 3 rings (SSSR count). The predicted molar refractivity (Wildman–Crippen MR) is 70.6 cm³/mol. The molecule has 1 aliphatic rings. The summed E-state index contributed by atoms with van der Waals surface area (Å²) < 4.78 is 3.41. The Morgan fingerprint density at radius 2 is 2.32 bits per heavy atom. The van der Waals surface area contributed by atoms with Crippen molar-refractivity contribution < 1.29 is 0 Å². The van der Waals surface area contributed by atoms with Gasteiger partial charge in [-0.25, -0.2) is 4.68 Å². The predicted octanol–water partition coefficient (Wildman–Crippen LogP) is 0.424. The molecule has 0 amide bonds. The van der Waals surface area contributed by atoms with Crippen LogP contribution in [0.5, 0.6) is 0 Å². The van der Waals surface area contributed by atoms with E-state index in [0.29, 0.717) is 6.04 Å². The average molecular weight is 259 g/mol. The topological polar surface area (TPSA) is 56.0 Å². The highest BCUT2D eigenvalue weighted by atomic mass is 16.1. The molecule has 1 unspecified atom stereocenters. The van der Waals surface area contributed by atoms with Gasteiger partial charge in [0.1, 0.15) is 0 Å². The van der Waals surface area contributed by atoms with Crippen LogP contribution in [0, 0.1) is 0 Å². The summed E-state index contributed by atoms with van der Waals surface area (Å²) in [4.78, 5) is 13.6. The van der Waals surface area contributed by atoms with Gasteiger partial charge in [-0.1, -0.05) is 0 Å². The van der Waals surface area contributed by atoms with Crippen LogP contribution in [0.3, 0.4) is 0 Å². The summed E-state index contributed by atoms with van der Waals surface area (Å²) in [7, 11) is 1.68. The molecule has 1 aliphatic heterocycles. The van der Waals surface area contributed by atoms with Gasteiger partial charge < -0.3 is 0 Å². The standard InChI is InChI=1S/C13H17N5O/c1-16-13(19)4-3-11(15-16)9-17-8-5-12(10-17)18-7-2-6-14-18/h2-4,6-7,12H,5,8-10H2,1H3. The Morgan fingerprint density at radius 1 is 1.42 bits per heavy atom. The number of rotatable bonds is 3. The molecule has 0 spiro atoms. The van der Waals surface area contributed by atoms with E-state index in [1.165, 1.54) is 4.68 Å². The molecular formula is C13H17N5O. The second-order valence-corrected chi connectivity index (χ2v) is 4.95. The molecule has 6 nitrogen and oxygen atoms in total. The first kappa shape index (κ1) is 12.1. The van der Waals surface area contributed by atoms with Gasteiger partial charge in [0.05, 0.1) is 11.7 Å². The lowest BCUT2D eigenvalue weighted by atomic mass is 10.3. The largest absolute Gasteiger partial charge is 0.295 e. The molecule has 6 heteroatoms. The molecule has 3 heterocycles. The van der Waals surface area contributed by atoms with Crippen molar-refractivity contribution in [2.45, 2.75) is 19.0 Å². The van der Waals surface area contributed by atoms with E-state index < -0.39 is 0 Å². The molecule has 0 aliphatic carbocycles. The molecule has 1 saturated heterocycles. The van der Waals surface area contributed by atoms with Gasteiger partial charge in [0, 0.05) is 45.1 Å². The second kappa shape index (κ2) is 4.97. The number of aromatic nitrogens is 4. The zero-order chi connectivity index (χ0) is 13.2. The van der Waals surface area contributed by atoms with Crippen LogP contribution >= 0.6 is 0 Å². The fraction of sp³-hybridized carbons (Fsp3) is 0.462. The van der Waals surface area contributed by atoms with Crippen LogP contribution in [0.2, 0.25) is 0 Å². The lowest BCUT2D eigenvalue weighted by Crippen LogP contribution is -2.25. The van der Waals surface area contributed by atoms with Crippen LogP contribution in [-0.4, -0.2) is 37.6 Å². The fourth-order valence-corrected chi connectivity index (χ4v) is 2.53. The summed E-state index contributed by atoms with van der Waals surface area (Å²) in [6.07, 6.45) is 4.93. The highest BCUT2D eigenvalue weighted by molar-refractivity contribution is 5.01. The van der Waals surface area contributed by atoms with E-state index in [0.717, 1.165) is 31.7 Å². The van der Waals surface area contributed by atoms with Crippen molar-refractivity contribution in [2.75, 3.05) is 13.1 Å². The highest BCUT2D eigenvalue weighted by Crippen LogP contribution is 2.21. The van der Waals surface area contributed by atoms with Gasteiger partial charge in [0.2, 0.25) is 0 Å². The zero-order valence-electron chi connectivity index (χ0n) is 10.9. The van der Waals surface area contributed by atoms with Gasteiger partial charge in [-0.3, -0.25) is 14.4 Å². The summed E-state index contributed by atoms with van der Waals surface area (Å²) in [5.74, 6) is 0. The molecule has 100 valence electrons. The summed E-state index contributed by atoms with van der Waals surface area (Å²) in [5, 5.41) is 8.56. The maximum absolute atomic E-state index is 11.3. The Morgan fingerprint density at radius 3 is 3.05 bits per heavy atom.